The molecule has 0 unspecified atom stereocenters. The Balaban J connectivity index is 1.84. The maximum absolute atomic E-state index is 8.76. The van der Waals surface area contributed by atoms with Crippen molar-refractivity contribution in [3.63, 3.8) is 0 Å². The zero-order valence-electron chi connectivity index (χ0n) is 9.71. The zero-order chi connectivity index (χ0) is 12.1. The topological polar surface area (TPSA) is 76.1 Å². The molecule has 0 aliphatic rings. The van der Waals surface area contributed by atoms with Crippen LogP contribution in [0.25, 0.3) is 0 Å². The second-order valence-corrected chi connectivity index (χ2v) is 3.81. The highest BCUT2D eigenvalue weighted by molar-refractivity contribution is 5.03. The van der Waals surface area contributed by atoms with Gasteiger partial charge in [0.15, 0.2) is 0 Å². The smallest absolute Gasteiger partial charge is 0.120 e. The Kier molecular flexibility index (Phi) is 3.89. The van der Waals surface area contributed by atoms with Crippen LogP contribution in [0.1, 0.15) is 24.4 Å². The van der Waals surface area contributed by atoms with E-state index in [2.05, 4.69) is 15.6 Å². The Bertz CT molecular complexity index is 438. The van der Waals surface area contributed by atoms with Crippen LogP contribution in [0.3, 0.4) is 0 Å². The quantitative estimate of drug-likeness (QED) is 0.772. The van der Waals surface area contributed by atoms with Crippen LogP contribution < -0.4 is 5.32 Å². The second-order valence-electron chi connectivity index (χ2n) is 3.81. The third kappa shape index (κ3) is 3.15. The van der Waals surface area contributed by atoms with Crippen LogP contribution in [0.5, 0.6) is 0 Å². The van der Waals surface area contributed by atoms with Crippen molar-refractivity contribution in [2.45, 2.75) is 26.1 Å². The fraction of sp³-hybridized carbons (Fsp3) is 0.455. The van der Waals surface area contributed by atoms with Crippen molar-refractivity contribution in [2.24, 2.45) is 0 Å². The van der Waals surface area contributed by atoms with Gasteiger partial charge in [0.25, 0.3) is 0 Å². The molecule has 92 valence electrons. The summed E-state index contributed by atoms with van der Waals surface area (Å²) in [6, 6.07) is 3.93. The molecule has 0 amide bonds. The minimum atomic E-state index is 0.0685. The van der Waals surface area contributed by atoms with E-state index in [0.717, 1.165) is 11.5 Å². The fourth-order valence-corrected chi connectivity index (χ4v) is 1.53. The van der Waals surface area contributed by atoms with E-state index in [1.807, 2.05) is 25.3 Å². The monoisotopic (exact) mass is 236 g/mol. The van der Waals surface area contributed by atoms with Crippen molar-refractivity contribution < 1.29 is 9.52 Å². The van der Waals surface area contributed by atoms with Crippen molar-refractivity contribution in [2.75, 3.05) is 6.61 Å². The van der Waals surface area contributed by atoms with E-state index in [1.165, 1.54) is 0 Å². The Labute approximate surface area is 99.2 Å². The Morgan fingerprint density at radius 2 is 2.47 bits per heavy atom. The molecule has 0 saturated carbocycles. The number of aliphatic hydroxyl groups excluding tert-OH is 1. The number of aliphatic hydroxyl groups is 1. The molecule has 2 N–H and O–H groups in total. The van der Waals surface area contributed by atoms with Gasteiger partial charge < -0.3 is 14.8 Å². The maximum atomic E-state index is 8.76. The van der Waals surface area contributed by atoms with Gasteiger partial charge in [0, 0.05) is 12.7 Å². The largest absolute Gasteiger partial charge is 0.468 e. The Morgan fingerprint density at radius 3 is 3.18 bits per heavy atom. The summed E-state index contributed by atoms with van der Waals surface area (Å²) in [7, 11) is 0. The highest BCUT2D eigenvalue weighted by atomic mass is 16.3. The van der Waals surface area contributed by atoms with Gasteiger partial charge in [-0.3, -0.25) is 0 Å². The van der Waals surface area contributed by atoms with Crippen LogP contribution in [-0.2, 0) is 13.1 Å². The van der Waals surface area contributed by atoms with Crippen LogP contribution in [0.2, 0.25) is 0 Å². The first-order valence-corrected chi connectivity index (χ1v) is 5.56. The van der Waals surface area contributed by atoms with Crippen molar-refractivity contribution in [3.8, 4) is 0 Å². The number of furan rings is 1. The normalized spacial score (nSPS) is 12.8. The molecule has 0 fully saturated rings. The van der Waals surface area contributed by atoms with E-state index in [9.17, 15) is 0 Å². The second kappa shape index (κ2) is 5.60. The molecule has 1 atom stereocenters. The number of hydrogen-bond acceptors (Lipinski definition) is 5. The van der Waals surface area contributed by atoms with Crippen LogP contribution in [-0.4, -0.2) is 26.7 Å². The number of nitrogens with one attached hydrogen (secondary N) is 1. The van der Waals surface area contributed by atoms with Gasteiger partial charge >= 0.3 is 0 Å². The summed E-state index contributed by atoms with van der Waals surface area (Å²) < 4.78 is 6.91. The van der Waals surface area contributed by atoms with Gasteiger partial charge in [-0.05, 0) is 19.1 Å². The van der Waals surface area contributed by atoms with Crippen molar-refractivity contribution in [1.29, 1.82) is 0 Å². The van der Waals surface area contributed by atoms with E-state index in [0.29, 0.717) is 13.1 Å². The minimum Gasteiger partial charge on any atom is -0.468 e. The zero-order valence-corrected chi connectivity index (χ0v) is 9.71. The van der Waals surface area contributed by atoms with Crippen LogP contribution in [0.15, 0.2) is 29.0 Å². The molecule has 2 aromatic rings. The third-order valence-electron chi connectivity index (χ3n) is 2.47. The third-order valence-corrected chi connectivity index (χ3v) is 2.47. The number of aromatic nitrogens is 3. The molecule has 2 aromatic heterocycles. The standard InChI is InChI=1S/C11H16N4O2/c1-9(11-3-2-6-17-11)12-7-10-8-15(4-5-16)14-13-10/h2-3,6,8-9,12,16H,4-5,7H2,1H3/t9-/m1/s1. The fourth-order valence-electron chi connectivity index (χ4n) is 1.53. The summed E-state index contributed by atoms with van der Waals surface area (Å²) in [6.45, 7) is 3.18. The predicted octanol–water partition coefficient (Wildman–Crippen LogP) is 0.714. The first kappa shape index (κ1) is 11.8. The molecule has 2 rings (SSSR count). The molecule has 0 aliphatic carbocycles. The Hall–Kier alpha value is -1.66. The number of rotatable bonds is 6. The molecule has 6 heteroatoms. The lowest BCUT2D eigenvalue weighted by Crippen LogP contribution is -2.17. The molecule has 0 saturated heterocycles. The lowest BCUT2D eigenvalue weighted by molar-refractivity contribution is 0.268. The Morgan fingerprint density at radius 1 is 1.59 bits per heavy atom. The van der Waals surface area contributed by atoms with Crippen LogP contribution >= 0.6 is 0 Å². The molecular weight excluding hydrogens is 220 g/mol. The summed E-state index contributed by atoms with van der Waals surface area (Å²) in [5.41, 5.74) is 0.844. The van der Waals surface area contributed by atoms with Gasteiger partial charge in [0.05, 0.1) is 31.2 Å². The summed E-state index contributed by atoms with van der Waals surface area (Å²) in [4.78, 5) is 0. The van der Waals surface area contributed by atoms with Crippen molar-refractivity contribution in [1.82, 2.24) is 20.3 Å². The highest BCUT2D eigenvalue weighted by Gasteiger charge is 2.08. The highest BCUT2D eigenvalue weighted by Crippen LogP contribution is 2.12. The lowest BCUT2D eigenvalue weighted by Gasteiger charge is -2.08. The summed E-state index contributed by atoms with van der Waals surface area (Å²) in [5.74, 6) is 0.896. The van der Waals surface area contributed by atoms with Gasteiger partial charge in [0.2, 0.25) is 0 Å². The maximum Gasteiger partial charge on any atom is 0.120 e. The predicted molar refractivity (Wildman–Crippen MR) is 61.1 cm³/mol. The molecule has 0 aliphatic heterocycles. The number of nitrogens with zero attached hydrogens (tertiary/aromatic N) is 3. The van der Waals surface area contributed by atoms with Gasteiger partial charge in [-0.15, -0.1) is 5.10 Å². The van der Waals surface area contributed by atoms with E-state index in [1.54, 1.807) is 10.9 Å². The van der Waals surface area contributed by atoms with Crippen molar-refractivity contribution >= 4 is 0 Å². The first-order valence-electron chi connectivity index (χ1n) is 5.56. The first-order chi connectivity index (χ1) is 8.29. The molecule has 0 spiro atoms. The molecule has 0 radical (unpaired) electrons. The van der Waals surface area contributed by atoms with E-state index in [4.69, 9.17) is 9.52 Å². The van der Waals surface area contributed by atoms with E-state index in [-0.39, 0.29) is 12.6 Å². The average molecular weight is 236 g/mol. The summed E-state index contributed by atoms with van der Waals surface area (Å²) in [5, 5.41) is 19.9. The van der Waals surface area contributed by atoms with Gasteiger partial charge in [0.1, 0.15) is 5.76 Å². The number of hydrogen-bond donors (Lipinski definition) is 2. The van der Waals surface area contributed by atoms with Crippen LogP contribution in [0, 0.1) is 0 Å². The van der Waals surface area contributed by atoms with Crippen LogP contribution in [0.4, 0.5) is 0 Å². The molecular formula is C11H16N4O2. The van der Waals surface area contributed by atoms with Gasteiger partial charge in [-0.2, -0.15) is 0 Å². The average Bonchev–Trinajstić information content (AvgIpc) is 2.97. The molecule has 6 nitrogen and oxygen atoms in total. The van der Waals surface area contributed by atoms with Gasteiger partial charge in [-0.25, -0.2) is 4.68 Å². The lowest BCUT2D eigenvalue weighted by atomic mass is 10.2. The molecule has 0 bridgehead atoms. The molecule has 0 aromatic carbocycles. The SMILES string of the molecule is C[C@@H](NCc1cn(CCO)nn1)c1ccco1. The van der Waals surface area contributed by atoms with E-state index < -0.39 is 0 Å². The summed E-state index contributed by atoms with van der Waals surface area (Å²) in [6.07, 6.45) is 3.48. The van der Waals surface area contributed by atoms with Gasteiger partial charge in [-0.1, -0.05) is 5.21 Å². The summed E-state index contributed by atoms with van der Waals surface area (Å²) >= 11 is 0. The molecule has 17 heavy (non-hydrogen) atoms. The molecule has 2 heterocycles. The minimum absolute atomic E-state index is 0.0685. The van der Waals surface area contributed by atoms with E-state index >= 15 is 0 Å². The van der Waals surface area contributed by atoms with Crippen molar-refractivity contribution in [3.05, 3.63) is 36.0 Å².